The Hall–Kier alpha value is -0.860. The molecule has 1 N–H and O–H groups in total. The Morgan fingerprint density at radius 3 is 2.44 bits per heavy atom. The van der Waals surface area contributed by atoms with Gasteiger partial charge in [0.2, 0.25) is 15.9 Å². The van der Waals surface area contributed by atoms with Gasteiger partial charge in [-0.2, -0.15) is 4.31 Å². The summed E-state index contributed by atoms with van der Waals surface area (Å²) in [5, 5.41) is 3.47. The summed E-state index contributed by atoms with van der Waals surface area (Å²) in [4.78, 5) is 14.4. The van der Waals surface area contributed by atoms with Crippen LogP contribution < -0.4 is 5.32 Å². The third-order valence-corrected chi connectivity index (χ3v) is 7.05. The van der Waals surface area contributed by atoms with Crippen LogP contribution in [0.2, 0.25) is 5.02 Å². The summed E-state index contributed by atoms with van der Waals surface area (Å²) in [6, 6.07) is 6.46. The van der Waals surface area contributed by atoms with Crippen LogP contribution in [0, 0.1) is 5.92 Å². The molecular weight excluding hydrogens is 385 g/mol. The van der Waals surface area contributed by atoms with E-state index in [1.54, 1.807) is 23.1 Å². The number of nitrogens with one attached hydrogen (secondary N) is 1. The molecule has 1 amide bonds. The zero-order valence-electron chi connectivity index (χ0n) is 13.9. The van der Waals surface area contributed by atoms with E-state index in [0.29, 0.717) is 26.2 Å². The average Bonchev–Trinajstić information content (AvgIpc) is 2.62. The van der Waals surface area contributed by atoms with E-state index in [4.69, 9.17) is 11.6 Å². The summed E-state index contributed by atoms with van der Waals surface area (Å²) >= 11 is 6.03. The Morgan fingerprint density at radius 2 is 1.84 bits per heavy atom. The molecule has 0 spiro atoms. The lowest BCUT2D eigenvalue weighted by atomic mass is 9.98. The Morgan fingerprint density at radius 1 is 1.16 bits per heavy atom. The largest absolute Gasteiger partial charge is 0.340 e. The van der Waals surface area contributed by atoms with Crippen molar-refractivity contribution in [3.05, 3.63) is 29.3 Å². The summed E-state index contributed by atoms with van der Waals surface area (Å²) in [5.41, 5.74) is 0. The van der Waals surface area contributed by atoms with Gasteiger partial charge in [0.1, 0.15) is 4.90 Å². The van der Waals surface area contributed by atoms with Gasteiger partial charge in [-0.05, 0) is 31.5 Å². The summed E-state index contributed by atoms with van der Waals surface area (Å²) in [5.74, 6) is 0.155. The van der Waals surface area contributed by atoms with Crippen molar-refractivity contribution in [2.24, 2.45) is 5.92 Å². The van der Waals surface area contributed by atoms with Crippen molar-refractivity contribution in [2.75, 3.05) is 39.3 Å². The highest BCUT2D eigenvalue weighted by atomic mass is 35.5. The highest BCUT2D eigenvalue weighted by Crippen LogP contribution is 2.25. The van der Waals surface area contributed by atoms with Gasteiger partial charge in [-0.3, -0.25) is 4.79 Å². The number of sulfonamides is 1. The first-order chi connectivity index (χ1) is 11.5. The van der Waals surface area contributed by atoms with E-state index in [0.717, 1.165) is 25.9 Å². The number of piperazine rings is 1. The number of hydrogen-bond donors (Lipinski definition) is 1. The van der Waals surface area contributed by atoms with E-state index in [1.165, 1.54) is 10.4 Å². The van der Waals surface area contributed by atoms with Crippen LogP contribution in [0.1, 0.15) is 12.8 Å². The second kappa shape index (κ2) is 8.68. The SMILES string of the molecule is Cl.O=C(C1CCCNC1)N1CCN(S(=O)(=O)c2ccccc2Cl)CC1. The zero-order valence-corrected chi connectivity index (χ0v) is 16.2. The first-order valence-corrected chi connectivity index (χ1v) is 10.1. The highest BCUT2D eigenvalue weighted by Gasteiger charge is 2.33. The molecule has 0 bridgehead atoms. The fraction of sp³-hybridized carbons (Fsp3) is 0.562. The van der Waals surface area contributed by atoms with Gasteiger partial charge in [0, 0.05) is 32.7 Å². The fourth-order valence-corrected chi connectivity index (χ4v) is 5.18. The molecule has 1 unspecified atom stereocenters. The molecule has 140 valence electrons. The van der Waals surface area contributed by atoms with Crippen LogP contribution >= 0.6 is 24.0 Å². The quantitative estimate of drug-likeness (QED) is 0.825. The average molecular weight is 408 g/mol. The molecule has 1 atom stereocenters. The smallest absolute Gasteiger partial charge is 0.244 e. The molecule has 1 aromatic carbocycles. The summed E-state index contributed by atoms with van der Waals surface area (Å²) < 4.78 is 26.8. The van der Waals surface area contributed by atoms with Crippen molar-refractivity contribution < 1.29 is 13.2 Å². The molecule has 2 saturated heterocycles. The van der Waals surface area contributed by atoms with E-state index in [1.807, 2.05) is 0 Å². The maximum atomic E-state index is 12.7. The van der Waals surface area contributed by atoms with Gasteiger partial charge in [-0.1, -0.05) is 23.7 Å². The van der Waals surface area contributed by atoms with Crippen molar-refractivity contribution >= 4 is 39.9 Å². The van der Waals surface area contributed by atoms with Crippen LogP contribution in [0.5, 0.6) is 0 Å². The van der Waals surface area contributed by atoms with E-state index < -0.39 is 10.0 Å². The van der Waals surface area contributed by atoms with Crippen LogP contribution in [0.15, 0.2) is 29.2 Å². The summed E-state index contributed by atoms with van der Waals surface area (Å²) in [6.45, 7) is 3.15. The minimum atomic E-state index is -3.62. The predicted octanol–water partition coefficient (Wildman–Crippen LogP) is 1.59. The van der Waals surface area contributed by atoms with Gasteiger partial charge in [0.05, 0.1) is 10.9 Å². The number of rotatable bonds is 3. The molecule has 2 aliphatic rings. The van der Waals surface area contributed by atoms with E-state index >= 15 is 0 Å². The second-order valence-corrected chi connectivity index (χ2v) is 8.52. The van der Waals surface area contributed by atoms with Crippen LogP contribution in [-0.2, 0) is 14.8 Å². The minimum Gasteiger partial charge on any atom is -0.340 e. The molecule has 2 fully saturated rings. The first-order valence-electron chi connectivity index (χ1n) is 8.24. The number of halogens is 2. The first kappa shape index (κ1) is 20.5. The summed E-state index contributed by atoms with van der Waals surface area (Å²) in [7, 11) is -3.62. The van der Waals surface area contributed by atoms with E-state index in [2.05, 4.69) is 5.32 Å². The van der Waals surface area contributed by atoms with Gasteiger partial charge in [-0.25, -0.2) is 8.42 Å². The van der Waals surface area contributed by atoms with Crippen molar-refractivity contribution in [1.82, 2.24) is 14.5 Å². The third-order valence-electron chi connectivity index (χ3n) is 4.65. The molecule has 0 radical (unpaired) electrons. The van der Waals surface area contributed by atoms with Crippen LogP contribution in [-0.4, -0.2) is 62.8 Å². The van der Waals surface area contributed by atoms with Gasteiger partial charge < -0.3 is 10.2 Å². The lowest BCUT2D eigenvalue weighted by molar-refractivity contribution is -0.137. The number of amides is 1. The van der Waals surface area contributed by atoms with Crippen LogP contribution in [0.25, 0.3) is 0 Å². The number of carbonyl (C=O) groups is 1. The standard InChI is InChI=1S/C16H22ClN3O3S.ClH/c17-14-5-1-2-6-15(14)24(22,23)20-10-8-19(9-11-20)16(21)13-4-3-7-18-12-13;/h1-2,5-6,13,18H,3-4,7-12H2;1H. The molecule has 6 nitrogen and oxygen atoms in total. The van der Waals surface area contributed by atoms with E-state index in [9.17, 15) is 13.2 Å². The van der Waals surface area contributed by atoms with Gasteiger partial charge in [0.15, 0.2) is 0 Å². The highest BCUT2D eigenvalue weighted by molar-refractivity contribution is 7.89. The van der Waals surface area contributed by atoms with Crippen molar-refractivity contribution in [2.45, 2.75) is 17.7 Å². The number of carbonyl (C=O) groups excluding carboxylic acids is 1. The Balaban J connectivity index is 0.00000225. The molecular formula is C16H23Cl2N3O3S. The monoisotopic (exact) mass is 407 g/mol. The lowest BCUT2D eigenvalue weighted by Crippen LogP contribution is -2.53. The number of nitrogens with zero attached hydrogens (tertiary/aromatic N) is 2. The minimum absolute atomic E-state index is 0. The Labute approximate surface area is 160 Å². The zero-order chi connectivity index (χ0) is 17.2. The van der Waals surface area contributed by atoms with Gasteiger partial charge >= 0.3 is 0 Å². The normalized spacial score (nSPS) is 22.3. The summed E-state index contributed by atoms with van der Waals surface area (Å²) in [6.07, 6.45) is 1.92. The molecule has 0 aromatic heterocycles. The molecule has 0 aliphatic carbocycles. The van der Waals surface area contributed by atoms with E-state index in [-0.39, 0.29) is 34.2 Å². The number of hydrogen-bond acceptors (Lipinski definition) is 4. The van der Waals surface area contributed by atoms with Crippen molar-refractivity contribution in [3.8, 4) is 0 Å². The van der Waals surface area contributed by atoms with Gasteiger partial charge in [-0.15, -0.1) is 12.4 Å². The van der Waals surface area contributed by atoms with Crippen LogP contribution in [0.4, 0.5) is 0 Å². The Bertz CT molecular complexity index is 700. The Kier molecular flexibility index (Phi) is 7.10. The molecule has 9 heteroatoms. The maximum Gasteiger partial charge on any atom is 0.244 e. The topological polar surface area (TPSA) is 69.7 Å². The molecule has 2 heterocycles. The van der Waals surface area contributed by atoms with Gasteiger partial charge in [0.25, 0.3) is 0 Å². The molecule has 2 aliphatic heterocycles. The molecule has 0 saturated carbocycles. The fourth-order valence-electron chi connectivity index (χ4n) is 3.26. The number of piperidine rings is 1. The maximum absolute atomic E-state index is 12.7. The van der Waals surface area contributed by atoms with Crippen molar-refractivity contribution in [1.29, 1.82) is 0 Å². The van der Waals surface area contributed by atoms with Crippen LogP contribution in [0.3, 0.4) is 0 Å². The molecule has 1 aromatic rings. The number of benzene rings is 1. The third kappa shape index (κ3) is 4.46. The second-order valence-electron chi connectivity index (χ2n) is 6.20. The lowest BCUT2D eigenvalue weighted by Gasteiger charge is -2.36. The molecule has 25 heavy (non-hydrogen) atoms. The van der Waals surface area contributed by atoms with Crippen molar-refractivity contribution in [3.63, 3.8) is 0 Å². The molecule has 3 rings (SSSR count). The predicted molar refractivity (Wildman–Crippen MR) is 99.6 cm³/mol.